The number of rotatable bonds is 8. The first kappa shape index (κ1) is 25.6. The molecular formula is C25H29ClF3N3O3. The van der Waals surface area contributed by atoms with Gasteiger partial charge in [0, 0.05) is 29.8 Å². The molecule has 0 saturated carbocycles. The third kappa shape index (κ3) is 6.38. The van der Waals surface area contributed by atoms with Crippen molar-refractivity contribution in [2.75, 3.05) is 37.7 Å². The zero-order chi connectivity index (χ0) is 25.1. The Morgan fingerprint density at radius 3 is 2.43 bits per heavy atom. The summed E-state index contributed by atoms with van der Waals surface area (Å²) in [4.78, 5) is 19.7. The monoisotopic (exact) mass is 511 g/mol. The smallest absolute Gasteiger partial charge is 0.417 e. The fourth-order valence-electron chi connectivity index (χ4n) is 5.15. The Morgan fingerprint density at radius 2 is 1.83 bits per heavy atom. The van der Waals surface area contributed by atoms with Crippen LogP contribution in [0.5, 0.6) is 5.75 Å². The fourth-order valence-corrected chi connectivity index (χ4v) is 5.40. The summed E-state index contributed by atoms with van der Waals surface area (Å²) >= 11 is 6.15. The van der Waals surface area contributed by atoms with E-state index in [1.807, 2.05) is 4.90 Å². The van der Waals surface area contributed by atoms with Crippen LogP contribution in [0.3, 0.4) is 0 Å². The number of pyridine rings is 1. The molecule has 35 heavy (non-hydrogen) atoms. The highest BCUT2D eigenvalue weighted by Gasteiger charge is 2.41. The molecule has 2 fully saturated rings. The molecule has 0 aliphatic carbocycles. The van der Waals surface area contributed by atoms with E-state index in [1.54, 1.807) is 18.2 Å². The first-order valence-corrected chi connectivity index (χ1v) is 12.2. The highest BCUT2D eigenvalue weighted by atomic mass is 35.5. The number of aromatic nitrogens is 1. The van der Waals surface area contributed by atoms with Gasteiger partial charge in [0.05, 0.1) is 18.6 Å². The van der Waals surface area contributed by atoms with Gasteiger partial charge in [-0.2, -0.15) is 13.2 Å². The number of carboxylic acids is 1. The Hall–Kier alpha value is -2.52. The van der Waals surface area contributed by atoms with Gasteiger partial charge in [-0.3, -0.25) is 9.69 Å². The van der Waals surface area contributed by atoms with Gasteiger partial charge in [-0.1, -0.05) is 11.6 Å². The Bertz CT molecular complexity index is 1020. The third-order valence-corrected chi connectivity index (χ3v) is 7.21. The molecule has 2 saturated heterocycles. The lowest BCUT2D eigenvalue weighted by molar-refractivity contribution is -0.138. The van der Waals surface area contributed by atoms with E-state index < -0.39 is 17.7 Å². The van der Waals surface area contributed by atoms with Crippen molar-refractivity contribution in [3.63, 3.8) is 0 Å². The van der Waals surface area contributed by atoms with Crippen LogP contribution in [0.25, 0.3) is 0 Å². The van der Waals surface area contributed by atoms with E-state index >= 15 is 0 Å². The van der Waals surface area contributed by atoms with Crippen LogP contribution in [0, 0.1) is 0 Å². The van der Waals surface area contributed by atoms with E-state index in [-0.39, 0.29) is 12.0 Å². The molecule has 2 aliphatic heterocycles. The zero-order valence-corrected chi connectivity index (χ0v) is 20.1. The molecule has 190 valence electrons. The second kappa shape index (κ2) is 10.6. The summed E-state index contributed by atoms with van der Waals surface area (Å²) < 4.78 is 44.6. The number of halogens is 4. The van der Waals surface area contributed by atoms with Crippen LogP contribution in [0.15, 0.2) is 36.5 Å². The van der Waals surface area contributed by atoms with Crippen LogP contribution in [0.1, 0.15) is 43.2 Å². The minimum Gasteiger partial charge on any atom is -0.493 e. The number of carbonyl (C=O) groups is 1. The Kier molecular flexibility index (Phi) is 7.76. The number of piperidine rings is 1. The molecule has 4 rings (SSSR count). The van der Waals surface area contributed by atoms with Gasteiger partial charge in [0.2, 0.25) is 0 Å². The fraction of sp³-hybridized carbons (Fsp3) is 0.520. The van der Waals surface area contributed by atoms with Crippen LogP contribution >= 0.6 is 11.6 Å². The molecule has 2 aliphatic rings. The lowest BCUT2D eigenvalue weighted by Crippen LogP contribution is -2.55. The summed E-state index contributed by atoms with van der Waals surface area (Å²) in [5.74, 6) is 0.186. The van der Waals surface area contributed by atoms with Crippen molar-refractivity contribution in [3.8, 4) is 5.75 Å². The summed E-state index contributed by atoms with van der Waals surface area (Å²) in [6.07, 6.45) is 1.20. The van der Waals surface area contributed by atoms with E-state index in [4.69, 9.17) is 21.4 Å². The first-order valence-electron chi connectivity index (χ1n) is 11.8. The minimum atomic E-state index is -4.39. The van der Waals surface area contributed by atoms with Crippen molar-refractivity contribution >= 4 is 23.4 Å². The summed E-state index contributed by atoms with van der Waals surface area (Å²) in [7, 11) is 0. The molecule has 1 aromatic carbocycles. The van der Waals surface area contributed by atoms with Gasteiger partial charge in [0.25, 0.3) is 0 Å². The maximum absolute atomic E-state index is 12.9. The van der Waals surface area contributed by atoms with Crippen molar-refractivity contribution < 1.29 is 27.8 Å². The number of hydrogen-bond donors (Lipinski definition) is 1. The van der Waals surface area contributed by atoms with Crippen molar-refractivity contribution in [1.82, 2.24) is 9.88 Å². The number of nitrogens with zero attached hydrogens (tertiary/aromatic N) is 3. The number of ether oxygens (including phenoxy) is 1. The highest BCUT2D eigenvalue weighted by molar-refractivity contribution is 6.30. The highest BCUT2D eigenvalue weighted by Crippen LogP contribution is 2.37. The predicted octanol–water partition coefficient (Wildman–Crippen LogP) is 5.28. The Morgan fingerprint density at radius 1 is 1.11 bits per heavy atom. The lowest BCUT2D eigenvalue weighted by atomic mass is 9.83. The number of benzene rings is 1. The molecule has 2 aromatic rings. The van der Waals surface area contributed by atoms with Gasteiger partial charge in [0.15, 0.2) is 0 Å². The van der Waals surface area contributed by atoms with Gasteiger partial charge < -0.3 is 14.7 Å². The topological polar surface area (TPSA) is 65.9 Å². The SMILES string of the molecule is O=C(O)Cc1cc(Cl)cc(OCCC2(N3CCCC3)CCN(c3ccc(C(F)(F)F)cn3)CC2)c1. The van der Waals surface area contributed by atoms with Crippen LogP contribution < -0.4 is 9.64 Å². The predicted molar refractivity (Wildman–Crippen MR) is 127 cm³/mol. The molecule has 1 N–H and O–H groups in total. The molecule has 0 bridgehead atoms. The second-order valence-corrected chi connectivity index (χ2v) is 9.71. The molecule has 1 aromatic heterocycles. The average molecular weight is 512 g/mol. The van der Waals surface area contributed by atoms with Gasteiger partial charge in [-0.15, -0.1) is 0 Å². The van der Waals surface area contributed by atoms with Crippen molar-refractivity contribution in [2.24, 2.45) is 0 Å². The van der Waals surface area contributed by atoms with E-state index in [2.05, 4.69) is 9.88 Å². The van der Waals surface area contributed by atoms with E-state index in [0.29, 0.717) is 41.8 Å². The van der Waals surface area contributed by atoms with Crippen LogP contribution in [0.2, 0.25) is 5.02 Å². The Balaban J connectivity index is 1.40. The molecule has 0 atom stereocenters. The van der Waals surface area contributed by atoms with Crippen molar-refractivity contribution in [2.45, 2.75) is 50.2 Å². The molecule has 0 amide bonds. The molecule has 0 spiro atoms. The number of carboxylic acid groups (broad SMARTS) is 1. The van der Waals surface area contributed by atoms with Crippen molar-refractivity contribution in [1.29, 1.82) is 0 Å². The summed E-state index contributed by atoms with van der Waals surface area (Å²) in [6, 6.07) is 7.56. The van der Waals surface area contributed by atoms with Gasteiger partial charge in [0.1, 0.15) is 11.6 Å². The number of aliphatic carboxylic acids is 1. The summed E-state index contributed by atoms with van der Waals surface area (Å²) in [6.45, 7) is 3.92. The van der Waals surface area contributed by atoms with Crippen molar-refractivity contribution in [3.05, 3.63) is 52.7 Å². The summed E-state index contributed by atoms with van der Waals surface area (Å²) in [5, 5.41) is 9.49. The van der Waals surface area contributed by atoms with Crippen LogP contribution in [-0.4, -0.2) is 59.3 Å². The molecular weight excluding hydrogens is 483 g/mol. The zero-order valence-electron chi connectivity index (χ0n) is 19.4. The summed E-state index contributed by atoms with van der Waals surface area (Å²) in [5.41, 5.74) is -0.206. The maximum Gasteiger partial charge on any atom is 0.417 e. The largest absolute Gasteiger partial charge is 0.493 e. The van der Waals surface area contributed by atoms with Gasteiger partial charge in [-0.05, 0) is 81.1 Å². The molecule has 6 nitrogen and oxygen atoms in total. The number of likely N-dealkylation sites (tertiary alicyclic amines) is 1. The lowest BCUT2D eigenvalue weighted by Gasteiger charge is -2.48. The second-order valence-electron chi connectivity index (χ2n) is 9.27. The molecule has 3 heterocycles. The first-order chi connectivity index (χ1) is 16.6. The van der Waals surface area contributed by atoms with Gasteiger partial charge in [-0.25, -0.2) is 4.98 Å². The van der Waals surface area contributed by atoms with Crippen LogP contribution in [0.4, 0.5) is 19.0 Å². The minimum absolute atomic E-state index is 0.0542. The number of alkyl halides is 3. The van der Waals surface area contributed by atoms with E-state index in [9.17, 15) is 18.0 Å². The number of hydrogen-bond acceptors (Lipinski definition) is 5. The average Bonchev–Trinajstić information content (AvgIpc) is 3.34. The normalized spacial score (nSPS) is 18.6. The van der Waals surface area contributed by atoms with E-state index in [1.165, 1.54) is 6.07 Å². The third-order valence-electron chi connectivity index (χ3n) is 6.99. The van der Waals surface area contributed by atoms with Gasteiger partial charge >= 0.3 is 12.1 Å². The molecule has 0 unspecified atom stereocenters. The van der Waals surface area contributed by atoms with Crippen LogP contribution in [-0.2, 0) is 17.4 Å². The quantitative estimate of drug-likeness (QED) is 0.520. The molecule has 10 heteroatoms. The standard InChI is InChI=1S/C25H29ClF3N3O3/c26-20-13-18(15-23(33)34)14-21(16-20)35-12-7-24(32-8-1-2-9-32)5-10-31(11-6-24)22-4-3-19(17-30-22)25(27,28)29/h3-4,13-14,16-17H,1-2,5-12,15H2,(H,33,34). The Labute approximate surface area is 207 Å². The maximum atomic E-state index is 12.9. The molecule has 0 radical (unpaired) electrons. The number of anilines is 1. The van der Waals surface area contributed by atoms with E-state index in [0.717, 1.165) is 57.5 Å².